The Balaban J connectivity index is 1.97. The van der Waals surface area contributed by atoms with Crippen molar-refractivity contribution in [2.75, 3.05) is 5.73 Å². The van der Waals surface area contributed by atoms with Gasteiger partial charge in [-0.3, -0.25) is 4.57 Å². The summed E-state index contributed by atoms with van der Waals surface area (Å²) in [5.74, 6) is 0.944. The number of nitrogens with zero attached hydrogens (tertiary/aromatic N) is 2. The monoisotopic (exact) mass is 321 g/mol. The van der Waals surface area contributed by atoms with Crippen LogP contribution in [0.5, 0.6) is 5.75 Å². The van der Waals surface area contributed by atoms with Crippen LogP contribution in [0.25, 0.3) is 11.0 Å². The third-order valence-electron chi connectivity index (χ3n) is 3.18. The Morgan fingerprint density at radius 3 is 2.71 bits per heavy atom. The first-order valence-electron chi connectivity index (χ1n) is 6.40. The van der Waals surface area contributed by atoms with Crippen LogP contribution in [-0.4, -0.2) is 9.55 Å². The zero-order valence-corrected chi connectivity index (χ0v) is 12.8. The third kappa shape index (κ3) is 2.64. The van der Waals surface area contributed by atoms with Crippen molar-refractivity contribution in [2.45, 2.75) is 13.2 Å². The lowest BCUT2D eigenvalue weighted by atomic mass is 10.3. The fraction of sp³-hybridized carbons (Fsp3) is 0.133. The maximum absolute atomic E-state index is 6.13. The molecule has 0 spiro atoms. The first-order valence-corrected chi connectivity index (χ1v) is 7.16. The molecular formula is C15H13Cl2N3O. The number of hydrogen-bond acceptors (Lipinski definition) is 3. The molecule has 0 saturated carbocycles. The van der Waals surface area contributed by atoms with Gasteiger partial charge in [0.1, 0.15) is 5.75 Å². The summed E-state index contributed by atoms with van der Waals surface area (Å²) in [6.07, 6.45) is -0.351. The van der Waals surface area contributed by atoms with E-state index in [0.29, 0.717) is 21.7 Å². The maximum atomic E-state index is 6.13. The molecule has 1 aromatic heterocycles. The first-order chi connectivity index (χ1) is 10.1. The quantitative estimate of drug-likeness (QED) is 0.771. The van der Waals surface area contributed by atoms with Gasteiger partial charge in [-0.25, -0.2) is 4.98 Å². The number of aromatic nitrogens is 2. The van der Waals surface area contributed by atoms with Gasteiger partial charge in [-0.15, -0.1) is 0 Å². The van der Waals surface area contributed by atoms with Crippen molar-refractivity contribution in [1.29, 1.82) is 0 Å². The SMILES string of the molecule is CC(Oc1ccc(Cl)cc1Cl)n1c(N)nc2ccccc21. The molecule has 2 N–H and O–H groups in total. The van der Waals surface area contributed by atoms with Gasteiger partial charge in [-0.05, 0) is 37.3 Å². The fourth-order valence-corrected chi connectivity index (χ4v) is 2.71. The van der Waals surface area contributed by atoms with Crippen LogP contribution in [0.3, 0.4) is 0 Å². The highest BCUT2D eigenvalue weighted by Gasteiger charge is 2.16. The van der Waals surface area contributed by atoms with Crippen LogP contribution < -0.4 is 10.5 Å². The van der Waals surface area contributed by atoms with Crippen LogP contribution in [0.2, 0.25) is 10.0 Å². The van der Waals surface area contributed by atoms with Crippen LogP contribution >= 0.6 is 23.2 Å². The molecule has 0 radical (unpaired) electrons. The molecule has 0 aliphatic heterocycles. The van der Waals surface area contributed by atoms with Crippen LogP contribution in [0, 0.1) is 0 Å². The first kappa shape index (κ1) is 14.0. The molecule has 1 heterocycles. The Kier molecular flexibility index (Phi) is 3.66. The zero-order chi connectivity index (χ0) is 15.0. The molecular weight excluding hydrogens is 309 g/mol. The highest BCUT2D eigenvalue weighted by Crippen LogP contribution is 2.31. The Hall–Kier alpha value is -1.91. The van der Waals surface area contributed by atoms with Crippen molar-refractivity contribution in [3.63, 3.8) is 0 Å². The van der Waals surface area contributed by atoms with Gasteiger partial charge in [0.05, 0.1) is 16.1 Å². The van der Waals surface area contributed by atoms with E-state index in [1.54, 1.807) is 18.2 Å². The molecule has 1 atom stereocenters. The summed E-state index contributed by atoms with van der Waals surface area (Å²) >= 11 is 12.0. The van der Waals surface area contributed by atoms with E-state index in [1.807, 2.05) is 35.8 Å². The number of halogens is 2. The maximum Gasteiger partial charge on any atom is 0.204 e. The number of rotatable bonds is 3. The summed E-state index contributed by atoms with van der Waals surface area (Å²) in [6, 6.07) is 12.8. The number of hydrogen-bond donors (Lipinski definition) is 1. The molecule has 0 aliphatic rings. The van der Waals surface area contributed by atoms with Gasteiger partial charge in [0.2, 0.25) is 5.95 Å². The van der Waals surface area contributed by atoms with Gasteiger partial charge < -0.3 is 10.5 Å². The number of imidazole rings is 1. The Labute approximate surface area is 132 Å². The minimum Gasteiger partial charge on any atom is -0.469 e. The van der Waals surface area contributed by atoms with Gasteiger partial charge in [0.15, 0.2) is 6.23 Å². The number of para-hydroxylation sites is 2. The highest BCUT2D eigenvalue weighted by atomic mass is 35.5. The second kappa shape index (κ2) is 5.47. The van der Waals surface area contributed by atoms with Crippen molar-refractivity contribution in [3.8, 4) is 5.75 Å². The van der Waals surface area contributed by atoms with Gasteiger partial charge >= 0.3 is 0 Å². The van der Waals surface area contributed by atoms with E-state index < -0.39 is 0 Å². The van der Waals surface area contributed by atoms with Gasteiger partial charge in [0.25, 0.3) is 0 Å². The lowest BCUT2D eigenvalue weighted by Crippen LogP contribution is -2.14. The Bertz CT molecular complexity index is 801. The molecule has 6 heteroatoms. The molecule has 1 unspecified atom stereocenters. The second-order valence-corrected chi connectivity index (χ2v) is 5.46. The van der Waals surface area contributed by atoms with E-state index in [9.17, 15) is 0 Å². The summed E-state index contributed by atoms with van der Waals surface area (Å²) in [4.78, 5) is 4.32. The fourth-order valence-electron chi connectivity index (χ4n) is 2.25. The smallest absolute Gasteiger partial charge is 0.204 e. The highest BCUT2D eigenvalue weighted by molar-refractivity contribution is 6.35. The van der Waals surface area contributed by atoms with Crippen molar-refractivity contribution in [2.24, 2.45) is 0 Å². The van der Waals surface area contributed by atoms with Crippen molar-refractivity contribution >= 4 is 40.2 Å². The molecule has 0 saturated heterocycles. The number of nitrogens with two attached hydrogens (primary N) is 1. The predicted octanol–water partition coefficient (Wildman–Crippen LogP) is 4.52. The lowest BCUT2D eigenvalue weighted by Gasteiger charge is -2.19. The predicted molar refractivity (Wildman–Crippen MR) is 85.9 cm³/mol. The number of nitrogen functional groups attached to an aromatic ring is 1. The van der Waals surface area contributed by atoms with Crippen molar-refractivity contribution < 1.29 is 4.74 Å². The topological polar surface area (TPSA) is 53.1 Å². The Morgan fingerprint density at radius 2 is 1.95 bits per heavy atom. The largest absolute Gasteiger partial charge is 0.469 e. The molecule has 108 valence electrons. The average Bonchev–Trinajstić information content (AvgIpc) is 2.77. The second-order valence-electron chi connectivity index (χ2n) is 4.62. The average molecular weight is 322 g/mol. The zero-order valence-electron chi connectivity index (χ0n) is 11.3. The van der Waals surface area contributed by atoms with Gasteiger partial charge in [-0.2, -0.15) is 0 Å². The molecule has 0 aliphatic carbocycles. The standard InChI is InChI=1S/C15H13Cl2N3O/c1-9(21-14-7-6-10(16)8-11(14)17)20-13-5-3-2-4-12(13)19-15(20)18/h2-9H,1H3,(H2,18,19). The van der Waals surface area contributed by atoms with E-state index >= 15 is 0 Å². The molecule has 3 aromatic rings. The Morgan fingerprint density at radius 1 is 1.19 bits per heavy atom. The normalized spacial score (nSPS) is 12.5. The molecule has 0 fully saturated rings. The summed E-state index contributed by atoms with van der Waals surface area (Å²) in [5, 5.41) is 1.02. The number of ether oxygens (including phenoxy) is 1. The summed E-state index contributed by atoms with van der Waals surface area (Å²) in [7, 11) is 0. The van der Waals surface area contributed by atoms with Crippen LogP contribution in [0.15, 0.2) is 42.5 Å². The number of fused-ring (bicyclic) bond motifs is 1. The molecule has 21 heavy (non-hydrogen) atoms. The van der Waals surface area contributed by atoms with Gasteiger partial charge in [0, 0.05) is 5.02 Å². The van der Waals surface area contributed by atoms with E-state index in [-0.39, 0.29) is 6.23 Å². The number of anilines is 1. The summed E-state index contributed by atoms with van der Waals surface area (Å²) in [6.45, 7) is 1.88. The molecule has 0 bridgehead atoms. The van der Waals surface area contributed by atoms with E-state index in [0.717, 1.165) is 11.0 Å². The van der Waals surface area contributed by atoms with Crippen molar-refractivity contribution in [3.05, 3.63) is 52.5 Å². The van der Waals surface area contributed by atoms with E-state index in [4.69, 9.17) is 33.7 Å². The van der Waals surface area contributed by atoms with Crippen LogP contribution in [0.4, 0.5) is 5.95 Å². The third-order valence-corrected chi connectivity index (χ3v) is 3.71. The minimum atomic E-state index is -0.351. The summed E-state index contributed by atoms with van der Waals surface area (Å²) in [5.41, 5.74) is 7.72. The molecule has 3 rings (SSSR count). The lowest BCUT2D eigenvalue weighted by molar-refractivity contribution is 0.159. The molecule has 2 aromatic carbocycles. The van der Waals surface area contributed by atoms with E-state index in [1.165, 1.54) is 0 Å². The molecule has 0 amide bonds. The number of benzene rings is 2. The van der Waals surface area contributed by atoms with Gasteiger partial charge in [-0.1, -0.05) is 35.3 Å². The summed E-state index contributed by atoms with van der Waals surface area (Å²) < 4.78 is 7.71. The van der Waals surface area contributed by atoms with Crippen LogP contribution in [-0.2, 0) is 0 Å². The van der Waals surface area contributed by atoms with E-state index in [2.05, 4.69) is 4.98 Å². The van der Waals surface area contributed by atoms with Crippen LogP contribution in [0.1, 0.15) is 13.2 Å². The minimum absolute atomic E-state index is 0.351. The van der Waals surface area contributed by atoms with Crippen molar-refractivity contribution in [1.82, 2.24) is 9.55 Å². The molecule has 4 nitrogen and oxygen atoms in total.